The maximum atomic E-state index is 13.0. The predicted octanol–water partition coefficient (Wildman–Crippen LogP) is 5.54. The topological polar surface area (TPSA) is 111 Å². The van der Waals surface area contributed by atoms with Crippen LogP contribution in [0.5, 0.6) is 5.75 Å². The van der Waals surface area contributed by atoms with E-state index in [1.807, 2.05) is 0 Å². The predicted molar refractivity (Wildman–Crippen MR) is 132 cm³/mol. The lowest BCUT2D eigenvalue weighted by atomic mass is 10.1. The van der Waals surface area contributed by atoms with E-state index in [1.165, 1.54) is 31.4 Å². The fourth-order valence-corrected chi connectivity index (χ4v) is 3.46. The molecule has 0 aliphatic rings. The molecule has 0 bridgehead atoms. The van der Waals surface area contributed by atoms with Crippen LogP contribution in [0.4, 0.5) is 11.4 Å². The first kappa shape index (κ1) is 24.1. The van der Waals surface area contributed by atoms with E-state index in [1.54, 1.807) is 48.5 Å². The molecule has 0 spiro atoms. The first-order chi connectivity index (χ1) is 15.8. The molecule has 3 aromatic rings. The van der Waals surface area contributed by atoms with E-state index in [-0.39, 0.29) is 16.9 Å². The highest BCUT2D eigenvalue weighted by Gasteiger charge is 2.19. The van der Waals surface area contributed by atoms with E-state index < -0.39 is 16.7 Å². The normalized spacial score (nSPS) is 10.9. The van der Waals surface area contributed by atoms with Gasteiger partial charge >= 0.3 is 0 Å². The molecular formula is C23H17Br2N3O5. The fraction of sp³-hybridized carbons (Fsp3) is 0.0435. The molecule has 0 saturated carbocycles. The molecule has 10 heteroatoms. The zero-order valence-electron chi connectivity index (χ0n) is 17.2. The number of ether oxygens (including phenoxy) is 1. The number of nitro benzene ring substituents is 1. The molecule has 2 amide bonds. The number of hydrogen-bond donors (Lipinski definition) is 2. The van der Waals surface area contributed by atoms with Crippen molar-refractivity contribution in [1.82, 2.24) is 5.32 Å². The fourth-order valence-electron chi connectivity index (χ4n) is 2.83. The van der Waals surface area contributed by atoms with Gasteiger partial charge in [0.2, 0.25) is 0 Å². The molecular weight excluding hydrogens is 558 g/mol. The molecule has 0 atom stereocenters. The van der Waals surface area contributed by atoms with Crippen LogP contribution in [0.15, 0.2) is 81.4 Å². The van der Waals surface area contributed by atoms with Crippen molar-refractivity contribution in [2.24, 2.45) is 0 Å². The van der Waals surface area contributed by atoms with Crippen LogP contribution in [0.3, 0.4) is 0 Å². The lowest BCUT2D eigenvalue weighted by molar-refractivity contribution is -0.384. The van der Waals surface area contributed by atoms with E-state index in [0.29, 0.717) is 21.5 Å². The monoisotopic (exact) mass is 573 g/mol. The largest absolute Gasteiger partial charge is 0.496 e. The van der Waals surface area contributed by atoms with Crippen molar-refractivity contribution in [3.8, 4) is 5.75 Å². The van der Waals surface area contributed by atoms with Crippen LogP contribution in [0.1, 0.15) is 15.9 Å². The minimum Gasteiger partial charge on any atom is -0.496 e. The van der Waals surface area contributed by atoms with Crippen molar-refractivity contribution in [3.05, 3.63) is 103 Å². The number of anilines is 1. The highest BCUT2D eigenvalue weighted by atomic mass is 79.9. The molecule has 0 heterocycles. The van der Waals surface area contributed by atoms with Crippen molar-refractivity contribution in [1.29, 1.82) is 0 Å². The summed E-state index contributed by atoms with van der Waals surface area (Å²) in [6, 6.07) is 17.5. The van der Waals surface area contributed by atoms with Gasteiger partial charge in [0.1, 0.15) is 11.4 Å². The molecule has 0 aliphatic carbocycles. The van der Waals surface area contributed by atoms with Gasteiger partial charge in [-0.1, -0.05) is 44.0 Å². The van der Waals surface area contributed by atoms with Gasteiger partial charge in [-0.05, 0) is 54.1 Å². The Morgan fingerprint density at radius 1 is 1.00 bits per heavy atom. The van der Waals surface area contributed by atoms with Gasteiger partial charge in [0.15, 0.2) is 0 Å². The summed E-state index contributed by atoms with van der Waals surface area (Å²) in [6.45, 7) is 0. The van der Waals surface area contributed by atoms with Gasteiger partial charge in [0.25, 0.3) is 17.5 Å². The molecule has 3 rings (SSSR count). The molecule has 33 heavy (non-hydrogen) atoms. The molecule has 0 saturated heterocycles. The summed E-state index contributed by atoms with van der Waals surface area (Å²) in [5, 5.41) is 16.4. The highest BCUT2D eigenvalue weighted by molar-refractivity contribution is 9.10. The number of nitrogens with one attached hydrogen (secondary N) is 2. The standard InChI is InChI=1S/C23H17Br2N3O5/c1-33-21-10-7-16(25)13-19(21)22(29)27-20(12-14-3-2-4-18(11-14)28(31)32)23(30)26-17-8-5-15(24)6-9-17/h2-13H,1H3,(H,26,30)(H,27,29). The van der Waals surface area contributed by atoms with E-state index >= 15 is 0 Å². The quantitative estimate of drug-likeness (QED) is 0.219. The van der Waals surface area contributed by atoms with Gasteiger partial charge in [0, 0.05) is 26.8 Å². The molecule has 8 nitrogen and oxygen atoms in total. The van der Waals surface area contributed by atoms with Crippen molar-refractivity contribution in [2.45, 2.75) is 0 Å². The number of halogens is 2. The van der Waals surface area contributed by atoms with E-state index in [9.17, 15) is 19.7 Å². The number of nitrogens with zero attached hydrogens (tertiary/aromatic N) is 1. The molecule has 0 radical (unpaired) electrons. The summed E-state index contributed by atoms with van der Waals surface area (Å²) in [7, 11) is 1.43. The van der Waals surface area contributed by atoms with E-state index in [4.69, 9.17) is 4.74 Å². The lowest BCUT2D eigenvalue weighted by Gasteiger charge is -2.13. The Morgan fingerprint density at radius 2 is 1.70 bits per heavy atom. The van der Waals surface area contributed by atoms with Gasteiger partial charge in [-0.15, -0.1) is 0 Å². The van der Waals surface area contributed by atoms with Crippen LogP contribution < -0.4 is 15.4 Å². The molecule has 0 unspecified atom stereocenters. The summed E-state index contributed by atoms with van der Waals surface area (Å²) in [5.41, 5.74) is 0.823. The molecule has 0 aliphatic heterocycles. The third-order valence-corrected chi connectivity index (χ3v) is 5.42. The lowest BCUT2D eigenvalue weighted by Crippen LogP contribution is -2.31. The summed E-state index contributed by atoms with van der Waals surface area (Å²) >= 11 is 6.65. The van der Waals surface area contributed by atoms with Gasteiger partial charge < -0.3 is 15.4 Å². The van der Waals surface area contributed by atoms with Crippen LogP contribution in [-0.4, -0.2) is 23.8 Å². The second-order valence-electron chi connectivity index (χ2n) is 6.67. The van der Waals surface area contributed by atoms with Gasteiger partial charge in [-0.3, -0.25) is 19.7 Å². The molecule has 2 N–H and O–H groups in total. The Labute approximate surface area is 206 Å². The Bertz CT molecular complexity index is 1240. The summed E-state index contributed by atoms with van der Waals surface area (Å²) in [4.78, 5) is 36.6. The zero-order chi connectivity index (χ0) is 24.0. The highest BCUT2D eigenvalue weighted by Crippen LogP contribution is 2.24. The number of carbonyl (C=O) groups excluding carboxylic acids is 2. The summed E-state index contributed by atoms with van der Waals surface area (Å²) in [5.74, 6) is -0.874. The molecule has 0 fully saturated rings. The molecule has 0 aromatic heterocycles. The van der Waals surface area contributed by atoms with Crippen molar-refractivity contribution >= 4 is 61.1 Å². The Hall–Kier alpha value is -3.50. The molecule has 3 aromatic carbocycles. The van der Waals surface area contributed by atoms with Crippen LogP contribution in [0.25, 0.3) is 6.08 Å². The van der Waals surface area contributed by atoms with Gasteiger partial charge in [-0.25, -0.2) is 0 Å². The second-order valence-corrected chi connectivity index (χ2v) is 8.50. The SMILES string of the molecule is COc1ccc(Br)cc1C(=O)NC(=Cc1cccc([N+](=O)[O-])c1)C(=O)Nc1ccc(Br)cc1. The van der Waals surface area contributed by atoms with Gasteiger partial charge in [0.05, 0.1) is 17.6 Å². The average Bonchev–Trinajstić information content (AvgIpc) is 2.80. The first-order valence-electron chi connectivity index (χ1n) is 9.45. The Morgan fingerprint density at radius 3 is 2.36 bits per heavy atom. The molecule has 168 valence electrons. The first-order valence-corrected chi connectivity index (χ1v) is 11.0. The van der Waals surface area contributed by atoms with Crippen LogP contribution in [-0.2, 0) is 4.79 Å². The number of amides is 2. The smallest absolute Gasteiger partial charge is 0.272 e. The third kappa shape index (κ3) is 6.50. The zero-order valence-corrected chi connectivity index (χ0v) is 20.3. The van der Waals surface area contributed by atoms with Crippen molar-refractivity contribution < 1.29 is 19.2 Å². The van der Waals surface area contributed by atoms with E-state index in [2.05, 4.69) is 42.5 Å². The Kier molecular flexibility index (Phi) is 7.96. The van der Waals surface area contributed by atoms with E-state index in [0.717, 1.165) is 4.47 Å². The number of methoxy groups -OCH3 is 1. The number of nitro groups is 1. The van der Waals surface area contributed by atoms with Crippen LogP contribution >= 0.6 is 31.9 Å². The van der Waals surface area contributed by atoms with Crippen molar-refractivity contribution in [2.75, 3.05) is 12.4 Å². The van der Waals surface area contributed by atoms with Crippen LogP contribution in [0.2, 0.25) is 0 Å². The minimum atomic E-state index is -0.605. The number of benzene rings is 3. The Balaban J connectivity index is 1.97. The summed E-state index contributed by atoms with van der Waals surface area (Å²) in [6.07, 6.45) is 1.36. The number of hydrogen-bond acceptors (Lipinski definition) is 5. The minimum absolute atomic E-state index is 0.106. The second kappa shape index (κ2) is 10.9. The van der Waals surface area contributed by atoms with Crippen LogP contribution in [0, 0.1) is 10.1 Å². The third-order valence-electron chi connectivity index (χ3n) is 4.39. The number of carbonyl (C=O) groups is 2. The number of non-ortho nitro benzene ring substituents is 1. The average molecular weight is 575 g/mol. The maximum absolute atomic E-state index is 13.0. The number of rotatable bonds is 7. The summed E-state index contributed by atoms with van der Waals surface area (Å²) < 4.78 is 6.74. The maximum Gasteiger partial charge on any atom is 0.272 e. The van der Waals surface area contributed by atoms with Crippen molar-refractivity contribution in [3.63, 3.8) is 0 Å². The van der Waals surface area contributed by atoms with Gasteiger partial charge in [-0.2, -0.15) is 0 Å².